The molecule has 0 amide bonds. The summed E-state index contributed by atoms with van der Waals surface area (Å²) in [5.41, 5.74) is 2.03. The van der Waals surface area contributed by atoms with Gasteiger partial charge in [-0.1, -0.05) is 6.07 Å². The van der Waals surface area contributed by atoms with Crippen molar-refractivity contribution >= 4 is 28.7 Å². The maximum atomic E-state index is 10.6. The molecule has 0 aliphatic heterocycles. The lowest BCUT2D eigenvalue weighted by molar-refractivity contribution is 0.112. The SMILES string of the molecule is O=Cc1ccc2oc(-c3cccs3)nc2c1. The standard InChI is InChI=1S/C12H7NO2S/c14-7-8-3-4-10-9(6-8)13-12(15-10)11-2-1-5-16-11/h1-7H. The molecule has 16 heavy (non-hydrogen) atoms. The summed E-state index contributed by atoms with van der Waals surface area (Å²) in [6.45, 7) is 0. The topological polar surface area (TPSA) is 43.1 Å². The van der Waals surface area contributed by atoms with E-state index in [1.165, 1.54) is 0 Å². The van der Waals surface area contributed by atoms with Gasteiger partial charge >= 0.3 is 0 Å². The van der Waals surface area contributed by atoms with Crippen LogP contribution in [-0.4, -0.2) is 11.3 Å². The fourth-order valence-electron chi connectivity index (χ4n) is 1.52. The van der Waals surface area contributed by atoms with Gasteiger partial charge < -0.3 is 4.42 Å². The van der Waals surface area contributed by atoms with Crippen LogP contribution in [0.1, 0.15) is 10.4 Å². The predicted molar refractivity (Wildman–Crippen MR) is 62.7 cm³/mol. The highest BCUT2D eigenvalue weighted by atomic mass is 32.1. The first-order valence-electron chi connectivity index (χ1n) is 4.76. The lowest BCUT2D eigenvalue weighted by Crippen LogP contribution is -1.77. The zero-order valence-electron chi connectivity index (χ0n) is 8.21. The molecule has 0 fully saturated rings. The molecular weight excluding hydrogens is 222 g/mol. The Labute approximate surface area is 95.4 Å². The van der Waals surface area contributed by atoms with Gasteiger partial charge in [0.1, 0.15) is 11.8 Å². The van der Waals surface area contributed by atoms with Crippen LogP contribution in [0.2, 0.25) is 0 Å². The number of benzene rings is 1. The second-order valence-corrected chi connectivity index (χ2v) is 4.29. The normalized spacial score (nSPS) is 10.8. The molecular formula is C12H7NO2S. The van der Waals surface area contributed by atoms with Crippen LogP contribution in [0.15, 0.2) is 40.1 Å². The van der Waals surface area contributed by atoms with Gasteiger partial charge in [-0.3, -0.25) is 4.79 Å². The number of hydrogen-bond acceptors (Lipinski definition) is 4. The number of oxazole rings is 1. The van der Waals surface area contributed by atoms with Crippen LogP contribution in [0.5, 0.6) is 0 Å². The van der Waals surface area contributed by atoms with Gasteiger partial charge in [-0.25, -0.2) is 4.98 Å². The van der Waals surface area contributed by atoms with Crippen LogP contribution in [0.4, 0.5) is 0 Å². The van der Waals surface area contributed by atoms with Gasteiger partial charge in [0.25, 0.3) is 0 Å². The minimum Gasteiger partial charge on any atom is -0.435 e. The van der Waals surface area contributed by atoms with Gasteiger partial charge in [-0.2, -0.15) is 0 Å². The zero-order valence-corrected chi connectivity index (χ0v) is 9.03. The molecule has 3 rings (SSSR count). The third kappa shape index (κ3) is 1.44. The first-order chi connectivity index (χ1) is 7.86. The predicted octanol–water partition coefficient (Wildman–Crippen LogP) is 3.37. The number of carbonyl (C=O) groups is 1. The Morgan fingerprint density at radius 3 is 3.00 bits per heavy atom. The molecule has 0 N–H and O–H groups in total. The molecule has 0 unspecified atom stereocenters. The number of fused-ring (bicyclic) bond motifs is 1. The van der Waals surface area contributed by atoms with Gasteiger partial charge in [0.2, 0.25) is 5.89 Å². The molecule has 0 saturated carbocycles. The number of nitrogens with zero attached hydrogens (tertiary/aromatic N) is 1. The fourth-order valence-corrected chi connectivity index (χ4v) is 2.17. The first kappa shape index (κ1) is 9.30. The number of aromatic nitrogens is 1. The molecule has 2 heterocycles. The van der Waals surface area contributed by atoms with Crippen molar-refractivity contribution in [3.8, 4) is 10.8 Å². The van der Waals surface area contributed by atoms with Crippen molar-refractivity contribution in [1.29, 1.82) is 0 Å². The van der Waals surface area contributed by atoms with Crippen LogP contribution in [0.25, 0.3) is 21.9 Å². The number of hydrogen-bond donors (Lipinski definition) is 0. The lowest BCUT2D eigenvalue weighted by Gasteiger charge is -1.87. The fraction of sp³-hybridized carbons (Fsp3) is 0. The minimum atomic E-state index is 0.605. The third-order valence-electron chi connectivity index (χ3n) is 2.28. The molecule has 4 heteroatoms. The van der Waals surface area contributed by atoms with E-state index < -0.39 is 0 Å². The molecule has 3 aromatic rings. The van der Waals surface area contributed by atoms with E-state index in [9.17, 15) is 4.79 Å². The second kappa shape index (κ2) is 3.57. The summed E-state index contributed by atoms with van der Waals surface area (Å²) in [5, 5.41) is 1.97. The van der Waals surface area contributed by atoms with Crippen molar-refractivity contribution in [1.82, 2.24) is 4.98 Å². The van der Waals surface area contributed by atoms with Gasteiger partial charge in [0.05, 0.1) is 4.88 Å². The Morgan fingerprint density at radius 2 is 2.25 bits per heavy atom. The molecule has 1 aromatic carbocycles. The van der Waals surface area contributed by atoms with Gasteiger partial charge in [0, 0.05) is 5.56 Å². The molecule has 0 bridgehead atoms. The molecule has 0 radical (unpaired) electrons. The monoisotopic (exact) mass is 229 g/mol. The lowest BCUT2D eigenvalue weighted by atomic mass is 10.2. The second-order valence-electron chi connectivity index (χ2n) is 3.34. The average Bonchev–Trinajstić information content (AvgIpc) is 2.96. The molecule has 2 aromatic heterocycles. The van der Waals surface area contributed by atoms with Crippen LogP contribution in [0, 0.1) is 0 Å². The number of rotatable bonds is 2. The van der Waals surface area contributed by atoms with Gasteiger partial charge in [0.15, 0.2) is 5.58 Å². The molecule has 78 valence electrons. The Kier molecular flexibility index (Phi) is 2.08. The molecule has 0 atom stereocenters. The largest absolute Gasteiger partial charge is 0.435 e. The molecule has 0 aliphatic carbocycles. The van der Waals surface area contributed by atoms with E-state index in [4.69, 9.17) is 4.42 Å². The highest BCUT2D eigenvalue weighted by Crippen LogP contribution is 2.27. The van der Waals surface area contributed by atoms with E-state index >= 15 is 0 Å². The van der Waals surface area contributed by atoms with Crippen molar-refractivity contribution in [2.24, 2.45) is 0 Å². The van der Waals surface area contributed by atoms with Crippen LogP contribution in [0.3, 0.4) is 0 Å². The van der Waals surface area contributed by atoms with Crippen molar-refractivity contribution in [3.05, 3.63) is 41.3 Å². The van der Waals surface area contributed by atoms with E-state index in [0.717, 1.165) is 11.2 Å². The van der Waals surface area contributed by atoms with Gasteiger partial charge in [-0.15, -0.1) is 11.3 Å². The Hall–Kier alpha value is -1.94. The maximum absolute atomic E-state index is 10.6. The number of thiophene rings is 1. The maximum Gasteiger partial charge on any atom is 0.237 e. The highest BCUT2D eigenvalue weighted by molar-refractivity contribution is 7.13. The molecule has 0 aliphatic rings. The summed E-state index contributed by atoms with van der Waals surface area (Å²) in [6, 6.07) is 9.12. The van der Waals surface area contributed by atoms with E-state index in [1.54, 1.807) is 29.5 Å². The number of aldehydes is 1. The average molecular weight is 229 g/mol. The van der Waals surface area contributed by atoms with Crippen molar-refractivity contribution in [3.63, 3.8) is 0 Å². The van der Waals surface area contributed by atoms with E-state index in [1.807, 2.05) is 17.5 Å². The van der Waals surface area contributed by atoms with Gasteiger partial charge in [-0.05, 0) is 29.6 Å². The Bertz CT molecular complexity index is 640. The zero-order chi connectivity index (χ0) is 11.0. The Balaban J connectivity index is 2.19. The highest BCUT2D eigenvalue weighted by Gasteiger charge is 2.08. The van der Waals surface area contributed by atoms with Crippen molar-refractivity contribution in [2.45, 2.75) is 0 Å². The summed E-state index contributed by atoms with van der Waals surface area (Å²) < 4.78 is 5.60. The summed E-state index contributed by atoms with van der Waals surface area (Å²) in [6.07, 6.45) is 0.804. The summed E-state index contributed by atoms with van der Waals surface area (Å²) in [5.74, 6) is 0.605. The smallest absolute Gasteiger partial charge is 0.237 e. The van der Waals surface area contributed by atoms with E-state index in [-0.39, 0.29) is 0 Å². The Morgan fingerprint density at radius 1 is 1.31 bits per heavy atom. The van der Waals surface area contributed by atoms with Crippen molar-refractivity contribution in [2.75, 3.05) is 0 Å². The van der Waals surface area contributed by atoms with Crippen LogP contribution in [-0.2, 0) is 0 Å². The third-order valence-corrected chi connectivity index (χ3v) is 3.14. The van der Waals surface area contributed by atoms with E-state index in [0.29, 0.717) is 22.6 Å². The van der Waals surface area contributed by atoms with Crippen molar-refractivity contribution < 1.29 is 9.21 Å². The minimum absolute atomic E-state index is 0.605. The number of carbonyl (C=O) groups excluding carboxylic acids is 1. The summed E-state index contributed by atoms with van der Waals surface area (Å²) in [7, 11) is 0. The first-order valence-corrected chi connectivity index (χ1v) is 5.64. The van der Waals surface area contributed by atoms with E-state index in [2.05, 4.69) is 4.98 Å². The summed E-state index contributed by atoms with van der Waals surface area (Å²) in [4.78, 5) is 16.0. The molecule has 0 saturated heterocycles. The summed E-state index contributed by atoms with van der Waals surface area (Å²) >= 11 is 1.58. The quantitative estimate of drug-likeness (QED) is 0.633. The molecule has 3 nitrogen and oxygen atoms in total. The molecule has 0 spiro atoms. The van der Waals surface area contributed by atoms with Crippen LogP contribution >= 0.6 is 11.3 Å². The van der Waals surface area contributed by atoms with Crippen LogP contribution < -0.4 is 0 Å².